The number of halogens is 1. The number of carbonyl (C=O) groups excluding carboxylic acids is 1. The quantitative estimate of drug-likeness (QED) is 0.493. The van der Waals surface area contributed by atoms with Gasteiger partial charge in [0.25, 0.3) is 0 Å². The van der Waals surface area contributed by atoms with Crippen molar-refractivity contribution in [3.05, 3.63) is 0 Å². The molecule has 0 saturated heterocycles. The normalized spacial score (nSPS) is 12.5. The standard InChI is InChI=1S/C11H22ClNO/c1-3-5-6-7-11(14)13-10(4-2)8-9-12/h10H,3-9H2,1-2H3,(H,13,14). The number of hydrogen-bond acceptors (Lipinski definition) is 1. The number of unbranched alkanes of at least 4 members (excludes halogenated alkanes) is 2. The van der Waals surface area contributed by atoms with Gasteiger partial charge in [0.15, 0.2) is 0 Å². The predicted molar refractivity (Wildman–Crippen MR) is 61.7 cm³/mol. The summed E-state index contributed by atoms with van der Waals surface area (Å²) in [6, 6.07) is 0.265. The summed E-state index contributed by atoms with van der Waals surface area (Å²) in [5, 5.41) is 3.00. The Labute approximate surface area is 92.4 Å². The van der Waals surface area contributed by atoms with Crippen molar-refractivity contribution in [3.8, 4) is 0 Å². The van der Waals surface area contributed by atoms with Crippen LogP contribution in [0.15, 0.2) is 0 Å². The molecule has 1 atom stereocenters. The summed E-state index contributed by atoms with van der Waals surface area (Å²) in [7, 11) is 0. The lowest BCUT2D eigenvalue weighted by Crippen LogP contribution is -2.34. The van der Waals surface area contributed by atoms with Crippen LogP contribution in [0.3, 0.4) is 0 Å². The van der Waals surface area contributed by atoms with E-state index in [-0.39, 0.29) is 11.9 Å². The summed E-state index contributed by atoms with van der Waals surface area (Å²) in [6.45, 7) is 4.21. The van der Waals surface area contributed by atoms with Gasteiger partial charge in [0.1, 0.15) is 0 Å². The van der Waals surface area contributed by atoms with Crippen molar-refractivity contribution in [1.82, 2.24) is 5.32 Å². The molecule has 0 aliphatic carbocycles. The van der Waals surface area contributed by atoms with Gasteiger partial charge < -0.3 is 5.32 Å². The lowest BCUT2D eigenvalue weighted by atomic mass is 10.1. The van der Waals surface area contributed by atoms with Gasteiger partial charge in [0.05, 0.1) is 0 Å². The van der Waals surface area contributed by atoms with Crippen molar-refractivity contribution in [3.63, 3.8) is 0 Å². The van der Waals surface area contributed by atoms with Crippen LogP contribution in [0.5, 0.6) is 0 Å². The van der Waals surface area contributed by atoms with E-state index >= 15 is 0 Å². The average Bonchev–Trinajstić information content (AvgIpc) is 2.17. The van der Waals surface area contributed by atoms with Gasteiger partial charge in [-0.2, -0.15) is 0 Å². The Morgan fingerprint density at radius 2 is 2.07 bits per heavy atom. The fourth-order valence-electron chi connectivity index (χ4n) is 1.35. The van der Waals surface area contributed by atoms with Crippen molar-refractivity contribution < 1.29 is 4.79 Å². The highest BCUT2D eigenvalue weighted by Crippen LogP contribution is 2.02. The molecule has 0 saturated carbocycles. The largest absolute Gasteiger partial charge is 0.353 e. The van der Waals surface area contributed by atoms with Gasteiger partial charge in [-0.05, 0) is 19.3 Å². The molecule has 1 unspecified atom stereocenters. The van der Waals surface area contributed by atoms with Crippen LogP contribution in [0.2, 0.25) is 0 Å². The van der Waals surface area contributed by atoms with E-state index in [0.717, 1.165) is 32.1 Å². The van der Waals surface area contributed by atoms with Gasteiger partial charge in [0.2, 0.25) is 5.91 Å². The maximum Gasteiger partial charge on any atom is 0.220 e. The molecule has 0 aromatic heterocycles. The van der Waals surface area contributed by atoms with E-state index in [0.29, 0.717) is 12.3 Å². The molecule has 3 heteroatoms. The molecular formula is C11H22ClNO. The molecule has 0 heterocycles. The van der Waals surface area contributed by atoms with Crippen molar-refractivity contribution in [2.75, 3.05) is 5.88 Å². The maximum absolute atomic E-state index is 11.4. The molecule has 0 rings (SSSR count). The number of rotatable bonds is 8. The molecule has 84 valence electrons. The first-order valence-corrected chi connectivity index (χ1v) is 6.13. The molecule has 1 N–H and O–H groups in total. The second kappa shape index (κ2) is 9.32. The fraction of sp³-hybridized carbons (Fsp3) is 0.909. The summed E-state index contributed by atoms with van der Waals surface area (Å²) < 4.78 is 0. The van der Waals surface area contributed by atoms with Crippen molar-refractivity contribution in [2.24, 2.45) is 0 Å². The lowest BCUT2D eigenvalue weighted by molar-refractivity contribution is -0.121. The first-order chi connectivity index (χ1) is 6.74. The number of alkyl halides is 1. The Morgan fingerprint density at radius 3 is 2.57 bits per heavy atom. The number of carbonyl (C=O) groups is 1. The summed E-state index contributed by atoms with van der Waals surface area (Å²) >= 11 is 5.63. The molecule has 1 amide bonds. The second-order valence-electron chi connectivity index (χ2n) is 3.61. The SMILES string of the molecule is CCCCCC(=O)NC(CC)CCCl. The van der Waals surface area contributed by atoms with E-state index in [2.05, 4.69) is 19.2 Å². The number of nitrogens with one attached hydrogen (secondary N) is 1. The second-order valence-corrected chi connectivity index (χ2v) is 3.99. The highest BCUT2D eigenvalue weighted by atomic mass is 35.5. The van der Waals surface area contributed by atoms with E-state index in [1.54, 1.807) is 0 Å². The minimum absolute atomic E-state index is 0.176. The van der Waals surface area contributed by atoms with Crippen LogP contribution in [0.1, 0.15) is 52.4 Å². The first-order valence-electron chi connectivity index (χ1n) is 5.59. The van der Waals surface area contributed by atoms with Crippen molar-refractivity contribution in [2.45, 2.75) is 58.4 Å². The molecule has 0 spiro atoms. The highest BCUT2D eigenvalue weighted by molar-refractivity contribution is 6.17. The summed E-state index contributed by atoms with van der Waals surface area (Å²) in [6.07, 6.45) is 5.79. The monoisotopic (exact) mass is 219 g/mol. The topological polar surface area (TPSA) is 29.1 Å². The molecule has 2 nitrogen and oxygen atoms in total. The zero-order valence-corrected chi connectivity index (χ0v) is 10.1. The van der Waals surface area contributed by atoms with E-state index < -0.39 is 0 Å². The molecule has 0 aromatic rings. The predicted octanol–water partition coefficient (Wildman–Crippen LogP) is 3.09. The van der Waals surface area contributed by atoms with Gasteiger partial charge in [-0.15, -0.1) is 11.6 Å². The Balaban J connectivity index is 3.56. The Bertz CT molecular complexity index is 150. The first kappa shape index (κ1) is 13.8. The zero-order valence-electron chi connectivity index (χ0n) is 9.31. The van der Waals surface area contributed by atoms with E-state index in [1.807, 2.05) is 0 Å². The average molecular weight is 220 g/mol. The summed E-state index contributed by atoms with van der Waals surface area (Å²) in [5.41, 5.74) is 0. The Kier molecular flexibility index (Phi) is 9.16. The fourth-order valence-corrected chi connectivity index (χ4v) is 1.61. The van der Waals surface area contributed by atoms with E-state index in [9.17, 15) is 4.79 Å². The summed E-state index contributed by atoms with van der Waals surface area (Å²) in [5.74, 6) is 0.795. The molecule has 0 bridgehead atoms. The van der Waals surface area contributed by atoms with Crippen LogP contribution in [0, 0.1) is 0 Å². The minimum Gasteiger partial charge on any atom is -0.353 e. The highest BCUT2D eigenvalue weighted by Gasteiger charge is 2.08. The van der Waals surface area contributed by atoms with Crippen molar-refractivity contribution in [1.29, 1.82) is 0 Å². The smallest absolute Gasteiger partial charge is 0.220 e. The van der Waals surface area contributed by atoms with Crippen molar-refractivity contribution >= 4 is 17.5 Å². The third-order valence-corrected chi connectivity index (χ3v) is 2.54. The Morgan fingerprint density at radius 1 is 1.36 bits per heavy atom. The molecular weight excluding hydrogens is 198 g/mol. The molecule has 0 aliphatic heterocycles. The van der Waals surface area contributed by atoms with Gasteiger partial charge >= 0.3 is 0 Å². The third-order valence-electron chi connectivity index (χ3n) is 2.32. The van der Waals surface area contributed by atoms with Crippen LogP contribution in [-0.2, 0) is 4.79 Å². The minimum atomic E-state index is 0.176. The number of amides is 1. The van der Waals surface area contributed by atoms with Gasteiger partial charge in [-0.25, -0.2) is 0 Å². The third kappa shape index (κ3) is 7.19. The van der Waals surface area contributed by atoms with Gasteiger partial charge in [-0.3, -0.25) is 4.79 Å². The molecule has 0 radical (unpaired) electrons. The Hall–Kier alpha value is -0.240. The van der Waals surface area contributed by atoms with Crippen LogP contribution >= 0.6 is 11.6 Å². The van der Waals surface area contributed by atoms with Crippen LogP contribution < -0.4 is 5.32 Å². The summed E-state index contributed by atoms with van der Waals surface area (Å²) in [4.78, 5) is 11.4. The van der Waals surface area contributed by atoms with E-state index in [1.165, 1.54) is 0 Å². The van der Waals surface area contributed by atoms with Gasteiger partial charge in [-0.1, -0.05) is 26.7 Å². The maximum atomic E-state index is 11.4. The number of hydrogen-bond donors (Lipinski definition) is 1. The molecule has 14 heavy (non-hydrogen) atoms. The van der Waals surface area contributed by atoms with Crippen LogP contribution in [-0.4, -0.2) is 17.8 Å². The lowest BCUT2D eigenvalue weighted by Gasteiger charge is -2.15. The van der Waals surface area contributed by atoms with E-state index in [4.69, 9.17) is 11.6 Å². The van der Waals surface area contributed by atoms with Crippen LogP contribution in [0.25, 0.3) is 0 Å². The molecule has 0 aliphatic rings. The zero-order chi connectivity index (χ0) is 10.8. The van der Waals surface area contributed by atoms with Gasteiger partial charge in [0, 0.05) is 18.3 Å². The molecule has 0 aromatic carbocycles. The van der Waals surface area contributed by atoms with Crippen LogP contribution in [0.4, 0.5) is 0 Å². The molecule has 0 fully saturated rings.